The van der Waals surface area contributed by atoms with E-state index in [2.05, 4.69) is 15.4 Å². The number of amides is 1. The Balaban J connectivity index is 2.22. The SMILES string of the molecule is Cn1cc(NC(=O)c2cc(Cl)ncc2N)cn1. The first-order valence-electron chi connectivity index (χ1n) is 4.77. The highest BCUT2D eigenvalue weighted by molar-refractivity contribution is 6.30. The van der Waals surface area contributed by atoms with Gasteiger partial charge in [-0.05, 0) is 6.07 Å². The number of carbonyl (C=O) groups excluding carboxylic acids is 1. The highest BCUT2D eigenvalue weighted by Gasteiger charge is 2.11. The minimum atomic E-state index is -0.347. The maximum absolute atomic E-state index is 11.9. The van der Waals surface area contributed by atoms with E-state index < -0.39 is 0 Å². The summed E-state index contributed by atoms with van der Waals surface area (Å²) in [6.45, 7) is 0. The number of nitrogens with two attached hydrogens (primary N) is 1. The van der Waals surface area contributed by atoms with Gasteiger partial charge in [0.1, 0.15) is 5.15 Å². The van der Waals surface area contributed by atoms with Gasteiger partial charge in [-0.3, -0.25) is 9.48 Å². The lowest BCUT2D eigenvalue weighted by molar-refractivity contribution is 0.102. The number of anilines is 2. The molecule has 88 valence electrons. The molecule has 2 aromatic heterocycles. The number of rotatable bonds is 2. The molecule has 6 nitrogen and oxygen atoms in total. The molecule has 0 atom stereocenters. The molecule has 1 amide bonds. The van der Waals surface area contributed by atoms with Crippen molar-refractivity contribution in [1.29, 1.82) is 0 Å². The van der Waals surface area contributed by atoms with Crippen molar-refractivity contribution in [3.8, 4) is 0 Å². The number of nitrogens with one attached hydrogen (secondary N) is 1. The maximum Gasteiger partial charge on any atom is 0.258 e. The molecule has 3 N–H and O–H groups in total. The predicted molar refractivity (Wildman–Crippen MR) is 64.8 cm³/mol. The summed E-state index contributed by atoms with van der Waals surface area (Å²) in [6, 6.07) is 1.42. The highest BCUT2D eigenvalue weighted by Crippen LogP contribution is 2.16. The van der Waals surface area contributed by atoms with Crippen molar-refractivity contribution in [2.24, 2.45) is 7.05 Å². The zero-order chi connectivity index (χ0) is 12.4. The second kappa shape index (κ2) is 4.42. The number of hydrogen-bond acceptors (Lipinski definition) is 4. The Bertz CT molecular complexity index is 566. The Labute approximate surface area is 102 Å². The Morgan fingerprint density at radius 1 is 1.53 bits per heavy atom. The number of nitrogens with zero attached hydrogens (tertiary/aromatic N) is 3. The molecule has 2 aromatic rings. The fraction of sp³-hybridized carbons (Fsp3) is 0.100. The van der Waals surface area contributed by atoms with Crippen LogP contribution in [0, 0.1) is 0 Å². The van der Waals surface area contributed by atoms with Crippen LogP contribution < -0.4 is 11.1 Å². The molecule has 0 radical (unpaired) electrons. The summed E-state index contributed by atoms with van der Waals surface area (Å²) < 4.78 is 1.58. The van der Waals surface area contributed by atoms with Crippen molar-refractivity contribution in [3.63, 3.8) is 0 Å². The van der Waals surface area contributed by atoms with Gasteiger partial charge in [-0.2, -0.15) is 5.10 Å². The van der Waals surface area contributed by atoms with E-state index in [-0.39, 0.29) is 22.3 Å². The second-order valence-corrected chi connectivity index (χ2v) is 3.84. The average Bonchev–Trinajstić information content (AvgIpc) is 2.67. The summed E-state index contributed by atoms with van der Waals surface area (Å²) in [5, 5.41) is 6.81. The number of carbonyl (C=O) groups is 1. The molecule has 0 unspecified atom stereocenters. The van der Waals surface area contributed by atoms with Crippen LogP contribution in [0.3, 0.4) is 0 Å². The van der Waals surface area contributed by atoms with Crippen molar-refractivity contribution in [2.75, 3.05) is 11.1 Å². The molecule has 7 heteroatoms. The first-order valence-corrected chi connectivity index (χ1v) is 5.15. The van der Waals surface area contributed by atoms with Crippen molar-refractivity contribution < 1.29 is 4.79 Å². The lowest BCUT2D eigenvalue weighted by atomic mass is 10.2. The molecule has 0 bridgehead atoms. The molecule has 2 rings (SSSR count). The fourth-order valence-electron chi connectivity index (χ4n) is 1.32. The van der Waals surface area contributed by atoms with Gasteiger partial charge in [-0.1, -0.05) is 11.6 Å². The third kappa shape index (κ3) is 2.54. The van der Waals surface area contributed by atoms with Gasteiger partial charge in [0.25, 0.3) is 5.91 Å². The number of nitrogen functional groups attached to an aromatic ring is 1. The zero-order valence-corrected chi connectivity index (χ0v) is 9.77. The summed E-state index contributed by atoms with van der Waals surface area (Å²) in [6.07, 6.45) is 4.56. The first-order chi connectivity index (χ1) is 8.06. The number of aryl methyl sites for hydroxylation is 1. The number of hydrogen-bond donors (Lipinski definition) is 2. The number of halogens is 1. The molecular weight excluding hydrogens is 242 g/mol. The third-order valence-corrected chi connectivity index (χ3v) is 2.32. The third-order valence-electron chi connectivity index (χ3n) is 2.11. The van der Waals surface area contributed by atoms with Gasteiger partial charge >= 0.3 is 0 Å². The molecule has 0 aliphatic heterocycles. The monoisotopic (exact) mass is 251 g/mol. The van der Waals surface area contributed by atoms with Crippen molar-refractivity contribution in [2.45, 2.75) is 0 Å². The smallest absolute Gasteiger partial charge is 0.258 e. The van der Waals surface area contributed by atoms with Crippen molar-refractivity contribution in [1.82, 2.24) is 14.8 Å². The van der Waals surface area contributed by atoms with Crippen LogP contribution in [0.1, 0.15) is 10.4 Å². The molecule has 0 saturated heterocycles. The minimum Gasteiger partial charge on any atom is -0.397 e. The van der Waals surface area contributed by atoms with Crippen LogP contribution in [0.4, 0.5) is 11.4 Å². The van der Waals surface area contributed by atoms with Crippen molar-refractivity contribution in [3.05, 3.63) is 35.4 Å². The summed E-state index contributed by atoms with van der Waals surface area (Å²) in [7, 11) is 1.76. The quantitative estimate of drug-likeness (QED) is 0.788. The second-order valence-electron chi connectivity index (χ2n) is 3.45. The molecular formula is C10H10ClN5O. The normalized spacial score (nSPS) is 10.2. The lowest BCUT2D eigenvalue weighted by Crippen LogP contribution is -2.14. The largest absolute Gasteiger partial charge is 0.397 e. The summed E-state index contributed by atoms with van der Waals surface area (Å²) >= 11 is 5.70. The predicted octanol–water partition coefficient (Wildman–Crippen LogP) is 1.30. The van der Waals surface area contributed by atoms with Crippen LogP contribution in [0.25, 0.3) is 0 Å². The maximum atomic E-state index is 11.9. The number of aromatic nitrogens is 3. The molecule has 0 aliphatic rings. The van der Waals surface area contributed by atoms with E-state index in [1.807, 2.05) is 0 Å². The average molecular weight is 252 g/mol. The van der Waals surface area contributed by atoms with Crippen LogP contribution in [-0.4, -0.2) is 20.7 Å². The van der Waals surface area contributed by atoms with Gasteiger partial charge in [0.05, 0.1) is 29.3 Å². The van der Waals surface area contributed by atoms with Crippen LogP contribution in [0.2, 0.25) is 5.15 Å². The van der Waals surface area contributed by atoms with E-state index >= 15 is 0 Å². The summed E-state index contributed by atoms with van der Waals surface area (Å²) in [5.74, 6) is -0.347. The van der Waals surface area contributed by atoms with Crippen LogP contribution in [0.5, 0.6) is 0 Å². The standard InChI is InChI=1S/C10H10ClN5O/c1-16-5-6(3-14-16)15-10(17)7-2-9(11)13-4-8(7)12/h2-5H,12H2,1H3,(H,15,17). The first kappa shape index (κ1) is 11.4. The lowest BCUT2D eigenvalue weighted by Gasteiger charge is -2.05. The van der Waals surface area contributed by atoms with Gasteiger partial charge < -0.3 is 11.1 Å². The Kier molecular flexibility index (Phi) is 2.97. The van der Waals surface area contributed by atoms with E-state index in [1.54, 1.807) is 17.9 Å². The minimum absolute atomic E-state index is 0.218. The Hall–Kier alpha value is -2.08. The topological polar surface area (TPSA) is 85.8 Å². The number of pyridine rings is 1. The highest BCUT2D eigenvalue weighted by atomic mass is 35.5. The molecule has 0 aliphatic carbocycles. The van der Waals surface area contributed by atoms with Crippen LogP contribution in [0.15, 0.2) is 24.7 Å². The Morgan fingerprint density at radius 2 is 2.29 bits per heavy atom. The van der Waals surface area contributed by atoms with Gasteiger partial charge in [0.2, 0.25) is 0 Å². The molecule has 2 heterocycles. The van der Waals surface area contributed by atoms with Gasteiger partial charge in [0, 0.05) is 13.2 Å². The molecule has 0 spiro atoms. The van der Waals surface area contributed by atoms with E-state index in [0.29, 0.717) is 5.69 Å². The molecule has 0 aromatic carbocycles. The Morgan fingerprint density at radius 3 is 2.94 bits per heavy atom. The zero-order valence-electron chi connectivity index (χ0n) is 9.01. The van der Waals surface area contributed by atoms with Crippen molar-refractivity contribution >= 4 is 28.9 Å². The molecule has 0 fully saturated rings. The summed E-state index contributed by atoms with van der Waals surface area (Å²) in [4.78, 5) is 15.7. The van der Waals surface area contributed by atoms with Gasteiger partial charge in [-0.25, -0.2) is 4.98 Å². The van der Waals surface area contributed by atoms with E-state index in [1.165, 1.54) is 18.5 Å². The van der Waals surface area contributed by atoms with Crippen LogP contribution >= 0.6 is 11.6 Å². The molecule has 0 saturated carbocycles. The summed E-state index contributed by atoms with van der Waals surface area (Å²) in [5.41, 5.74) is 6.79. The van der Waals surface area contributed by atoms with Gasteiger partial charge in [0.15, 0.2) is 0 Å². The van der Waals surface area contributed by atoms with E-state index in [0.717, 1.165) is 0 Å². The fourth-order valence-corrected chi connectivity index (χ4v) is 1.48. The van der Waals surface area contributed by atoms with Gasteiger partial charge in [-0.15, -0.1) is 0 Å². The molecule has 17 heavy (non-hydrogen) atoms. The van der Waals surface area contributed by atoms with E-state index in [9.17, 15) is 4.79 Å². The van der Waals surface area contributed by atoms with Crippen LogP contribution in [-0.2, 0) is 7.05 Å². The van der Waals surface area contributed by atoms with E-state index in [4.69, 9.17) is 17.3 Å².